The average molecular weight is 415 g/mol. The number of hydrogen-bond acceptors (Lipinski definition) is 6. The number of methoxy groups -OCH3 is 1. The summed E-state index contributed by atoms with van der Waals surface area (Å²) in [4.78, 5) is 26.8. The molecule has 1 aromatic carbocycles. The maximum atomic E-state index is 12.6. The van der Waals surface area contributed by atoms with E-state index in [9.17, 15) is 9.59 Å². The first kappa shape index (κ1) is 19.8. The van der Waals surface area contributed by atoms with Gasteiger partial charge in [-0.15, -0.1) is 10.2 Å². The summed E-state index contributed by atoms with van der Waals surface area (Å²) >= 11 is 1.40. The van der Waals surface area contributed by atoms with Crippen molar-refractivity contribution in [2.75, 3.05) is 19.0 Å². The van der Waals surface area contributed by atoms with Crippen LogP contribution in [0.25, 0.3) is 0 Å². The van der Waals surface area contributed by atoms with Crippen LogP contribution < -0.4 is 10.1 Å². The molecule has 7 nitrogen and oxygen atoms in total. The molecule has 1 N–H and O–H groups in total. The van der Waals surface area contributed by atoms with Gasteiger partial charge in [-0.2, -0.15) is 0 Å². The van der Waals surface area contributed by atoms with Crippen molar-refractivity contribution in [2.24, 2.45) is 5.92 Å². The van der Waals surface area contributed by atoms with Crippen molar-refractivity contribution in [1.82, 2.24) is 15.1 Å². The third-order valence-corrected chi connectivity index (χ3v) is 6.68. The van der Waals surface area contributed by atoms with E-state index in [4.69, 9.17) is 4.74 Å². The Balaban J connectivity index is 1.28. The summed E-state index contributed by atoms with van der Waals surface area (Å²) in [5.74, 6) is 0.521. The molecule has 2 aromatic rings. The van der Waals surface area contributed by atoms with Gasteiger partial charge in [-0.25, -0.2) is 0 Å². The maximum Gasteiger partial charge on any atom is 0.231 e. The van der Waals surface area contributed by atoms with Gasteiger partial charge >= 0.3 is 0 Å². The molecule has 1 aliphatic carbocycles. The summed E-state index contributed by atoms with van der Waals surface area (Å²) in [6, 6.07) is 8.29. The summed E-state index contributed by atoms with van der Waals surface area (Å²) in [5.41, 5.74) is 1.20. The van der Waals surface area contributed by atoms with Crippen LogP contribution in [0.15, 0.2) is 24.3 Å². The smallest absolute Gasteiger partial charge is 0.231 e. The second kappa shape index (κ2) is 8.90. The molecule has 8 heteroatoms. The van der Waals surface area contributed by atoms with Gasteiger partial charge in [0, 0.05) is 25.4 Å². The van der Waals surface area contributed by atoms with Gasteiger partial charge in [0.05, 0.1) is 13.0 Å². The van der Waals surface area contributed by atoms with Gasteiger partial charge in [0.25, 0.3) is 0 Å². The van der Waals surface area contributed by atoms with Gasteiger partial charge < -0.3 is 15.0 Å². The largest absolute Gasteiger partial charge is 0.497 e. The second-order valence-corrected chi connectivity index (χ2v) is 8.79. The Bertz CT molecular complexity index is 861. The van der Waals surface area contributed by atoms with Crippen molar-refractivity contribution >= 4 is 28.3 Å². The number of aryl methyl sites for hydroxylation is 2. The molecule has 1 saturated heterocycles. The van der Waals surface area contributed by atoms with Crippen LogP contribution in [-0.4, -0.2) is 46.6 Å². The summed E-state index contributed by atoms with van der Waals surface area (Å²) < 4.78 is 5.17. The number of likely N-dealkylation sites (tertiary alicyclic amines) is 1. The number of carbonyl (C=O) groups is 2. The lowest BCUT2D eigenvalue weighted by Gasteiger charge is -2.23. The number of benzene rings is 1. The molecule has 154 valence electrons. The molecule has 2 heterocycles. The van der Waals surface area contributed by atoms with Gasteiger partial charge in [-0.3, -0.25) is 9.59 Å². The Morgan fingerprint density at radius 1 is 1.21 bits per heavy atom. The minimum atomic E-state index is -0.297. The van der Waals surface area contributed by atoms with E-state index < -0.39 is 0 Å². The lowest BCUT2D eigenvalue weighted by Crippen LogP contribution is -2.35. The topological polar surface area (TPSA) is 84.4 Å². The zero-order chi connectivity index (χ0) is 20.2. The number of anilines is 1. The van der Waals surface area contributed by atoms with Gasteiger partial charge in [-0.05, 0) is 37.0 Å². The number of rotatable bonds is 7. The van der Waals surface area contributed by atoms with E-state index in [-0.39, 0.29) is 17.7 Å². The first-order valence-electron chi connectivity index (χ1n) is 10.2. The van der Waals surface area contributed by atoms with Crippen molar-refractivity contribution in [3.8, 4) is 5.75 Å². The molecule has 0 unspecified atom stereocenters. The average Bonchev–Trinajstić information content (AvgIpc) is 3.48. The molecular weight excluding hydrogens is 388 g/mol. The molecule has 1 atom stereocenters. The lowest BCUT2D eigenvalue weighted by molar-refractivity contribution is -0.129. The minimum absolute atomic E-state index is 0.106. The van der Waals surface area contributed by atoms with Crippen LogP contribution in [0, 0.1) is 5.92 Å². The molecule has 2 aliphatic rings. The summed E-state index contributed by atoms with van der Waals surface area (Å²) in [6.07, 6.45) is 6.38. The van der Waals surface area contributed by atoms with E-state index in [2.05, 4.69) is 15.5 Å². The molecule has 2 fully saturated rings. The molecule has 0 radical (unpaired) electrons. The Morgan fingerprint density at radius 3 is 2.69 bits per heavy atom. The standard InChI is InChI=1S/C21H26N4O3S/c1-28-17-9-6-14(7-10-17)8-11-18-23-24-21(29-18)22-20(27)15-12-19(26)25(13-15)16-4-2-3-5-16/h6-7,9-10,15-16H,2-5,8,11-13H2,1H3,(H,22,24,27)/t15-/m0/s1. The Morgan fingerprint density at radius 2 is 1.97 bits per heavy atom. The third kappa shape index (κ3) is 4.75. The van der Waals surface area contributed by atoms with E-state index in [0.29, 0.717) is 24.1 Å². The fourth-order valence-electron chi connectivity index (χ4n) is 4.13. The highest BCUT2D eigenvalue weighted by molar-refractivity contribution is 7.15. The van der Waals surface area contributed by atoms with Crippen LogP contribution in [0.4, 0.5) is 5.13 Å². The lowest BCUT2D eigenvalue weighted by atomic mass is 10.1. The van der Waals surface area contributed by atoms with E-state index in [1.165, 1.54) is 29.7 Å². The van der Waals surface area contributed by atoms with Crippen LogP contribution in [-0.2, 0) is 22.4 Å². The molecule has 1 aromatic heterocycles. The third-order valence-electron chi connectivity index (χ3n) is 5.78. The highest BCUT2D eigenvalue weighted by Gasteiger charge is 2.38. The van der Waals surface area contributed by atoms with Crippen LogP contribution in [0.5, 0.6) is 5.75 Å². The van der Waals surface area contributed by atoms with Crippen LogP contribution >= 0.6 is 11.3 Å². The molecule has 0 bridgehead atoms. The highest BCUT2D eigenvalue weighted by atomic mass is 32.1. The van der Waals surface area contributed by atoms with Crippen molar-refractivity contribution in [3.05, 3.63) is 34.8 Å². The summed E-state index contributed by atoms with van der Waals surface area (Å²) in [6.45, 7) is 0.526. The summed E-state index contributed by atoms with van der Waals surface area (Å²) in [7, 11) is 1.65. The predicted molar refractivity (Wildman–Crippen MR) is 111 cm³/mol. The first-order valence-corrected chi connectivity index (χ1v) is 11.0. The van der Waals surface area contributed by atoms with Crippen molar-refractivity contribution in [1.29, 1.82) is 0 Å². The van der Waals surface area contributed by atoms with Crippen LogP contribution in [0.1, 0.15) is 42.7 Å². The van der Waals surface area contributed by atoms with Gasteiger partial charge in [0.2, 0.25) is 16.9 Å². The number of amides is 2. The second-order valence-electron chi connectivity index (χ2n) is 7.72. The van der Waals surface area contributed by atoms with E-state index in [1.54, 1.807) is 7.11 Å². The Kier molecular flexibility index (Phi) is 6.08. The molecular formula is C21H26N4O3S. The minimum Gasteiger partial charge on any atom is -0.497 e. The zero-order valence-electron chi connectivity index (χ0n) is 16.6. The molecule has 2 amide bonds. The number of nitrogens with zero attached hydrogens (tertiary/aromatic N) is 3. The number of ether oxygens (including phenoxy) is 1. The van der Waals surface area contributed by atoms with Crippen LogP contribution in [0.3, 0.4) is 0 Å². The normalized spacial score (nSPS) is 19.7. The summed E-state index contributed by atoms with van der Waals surface area (Å²) in [5, 5.41) is 12.5. The quantitative estimate of drug-likeness (QED) is 0.753. The first-order chi connectivity index (χ1) is 14.1. The van der Waals surface area contributed by atoms with Crippen LogP contribution in [0.2, 0.25) is 0 Å². The van der Waals surface area contributed by atoms with Gasteiger partial charge in [0.15, 0.2) is 0 Å². The molecule has 0 spiro atoms. The van der Waals surface area contributed by atoms with Gasteiger partial charge in [0.1, 0.15) is 10.8 Å². The van der Waals surface area contributed by atoms with E-state index in [0.717, 1.165) is 36.4 Å². The Labute approximate surface area is 174 Å². The molecule has 4 rings (SSSR count). The molecule has 29 heavy (non-hydrogen) atoms. The highest BCUT2D eigenvalue weighted by Crippen LogP contribution is 2.30. The van der Waals surface area contributed by atoms with Gasteiger partial charge in [-0.1, -0.05) is 36.3 Å². The fourth-order valence-corrected chi connectivity index (χ4v) is 4.87. The zero-order valence-corrected chi connectivity index (χ0v) is 17.4. The van der Waals surface area contributed by atoms with Crippen molar-refractivity contribution < 1.29 is 14.3 Å². The monoisotopic (exact) mass is 414 g/mol. The maximum absolute atomic E-state index is 12.6. The fraction of sp³-hybridized carbons (Fsp3) is 0.524. The van der Waals surface area contributed by atoms with E-state index >= 15 is 0 Å². The molecule has 1 saturated carbocycles. The van der Waals surface area contributed by atoms with E-state index in [1.807, 2.05) is 29.2 Å². The number of nitrogens with one attached hydrogen (secondary N) is 1. The van der Waals surface area contributed by atoms with Crippen molar-refractivity contribution in [3.63, 3.8) is 0 Å². The number of aromatic nitrogens is 2. The van der Waals surface area contributed by atoms with Crippen molar-refractivity contribution in [2.45, 2.75) is 51.0 Å². The Hall–Kier alpha value is -2.48. The predicted octanol–water partition coefficient (Wildman–Crippen LogP) is 3.06. The number of carbonyl (C=O) groups excluding carboxylic acids is 2. The number of hydrogen-bond donors (Lipinski definition) is 1. The SMILES string of the molecule is COc1ccc(CCc2nnc(NC(=O)[C@H]3CC(=O)N(C4CCCC4)C3)s2)cc1. The molecule has 1 aliphatic heterocycles.